The van der Waals surface area contributed by atoms with E-state index in [2.05, 4.69) is 17.2 Å². The summed E-state index contributed by atoms with van der Waals surface area (Å²) in [6, 6.07) is 10.2. The molecule has 1 fully saturated rings. The second kappa shape index (κ2) is 8.37. The minimum absolute atomic E-state index is 0.0881. The maximum absolute atomic E-state index is 12.7. The topological polar surface area (TPSA) is 78.1 Å². The maximum atomic E-state index is 12.7. The van der Waals surface area contributed by atoms with E-state index in [1.165, 1.54) is 11.3 Å². The Morgan fingerprint density at radius 2 is 2.17 bits per heavy atom. The molecular formula is C22H26N4O2S. The van der Waals surface area contributed by atoms with Gasteiger partial charge in [-0.1, -0.05) is 37.3 Å². The molecule has 29 heavy (non-hydrogen) atoms. The SMILES string of the molecule is CC[C@H](C)NC(=O)[C@H]1CCCN(c2nc3c(-c4ccccc4)csc3c(=O)[nH]2)C1. The molecule has 3 heterocycles. The first kappa shape index (κ1) is 19.6. The Morgan fingerprint density at radius 1 is 1.38 bits per heavy atom. The molecule has 0 spiro atoms. The van der Waals surface area contributed by atoms with E-state index in [1.54, 1.807) is 0 Å². The number of anilines is 1. The number of fused-ring (bicyclic) bond motifs is 1. The van der Waals surface area contributed by atoms with Gasteiger partial charge in [0.05, 0.1) is 11.4 Å². The van der Waals surface area contributed by atoms with Gasteiger partial charge in [0.1, 0.15) is 4.70 Å². The van der Waals surface area contributed by atoms with Crippen LogP contribution in [-0.4, -0.2) is 35.0 Å². The van der Waals surface area contributed by atoms with E-state index in [1.807, 2.05) is 47.5 Å². The molecule has 1 aliphatic heterocycles. The van der Waals surface area contributed by atoms with Gasteiger partial charge in [-0.15, -0.1) is 11.3 Å². The monoisotopic (exact) mass is 410 g/mol. The van der Waals surface area contributed by atoms with Gasteiger partial charge in [0.25, 0.3) is 5.56 Å². The van der Waals surface area contributed by atoms with Crippen LogP contribution >= 0.6 is 11.3 Å². The molecule has 2 atom stereocenters. The van der Waals surface area contributed by atoms with Crippen molar-refractivity contribution >= 4 is 33.4 Å². The number of rotatable bonds is 5. The van der Waals surface area contributed by atoms with Crippen LogP contribution in [0.25, 0.3) is 21.3 Å². The van der Waals surface area contributed by atoms with Crippen LogP contribution in [0.15, 0.2) is 40.5 Å². The van der Waals surface area contributed by atoms with Crippen LogP contribution < -0.4 is 15.8 Å². The van der Waals surface area contributed by atoms with Gasteiger partial charge >= 0.3 is 0 Å². The molecule has 1 aromatic carbocycles. The van der Waals surface area contributed by atoms with Gasteiger partial charge in [0.15, 0.2) is 0 Å². The fourth-order valence-corrected chi connectivity index (χ4v) is 4.64. The van der Waals surface area contributed by atoms with Crippen LogP contribution in [0, 0.1) is 5.92 Å². The van der Waals surface area contributed by atoms with Gasteiger partial charge in [0.2, 0.25) is 11.9 Å². The first-order chi connectivity index (χ1) is 14.1. The Balaban J connectivity index is 1.64. The zero-order chi connectivity index (χ0) is 20.4. The van der Waals surface area contributed by atoms with Crippen molar-refractivity contribution in [1.29, 1.82) is 0 Å². The highest BCUT2D eigenvalue weighted by molar-refractivity contribution is 7.17. The lowest BCUT2D eigenvalue weighted by atomic mass is 9.97. The third kappa shape index (κ3) is 4.05. The van der Waals surface area contributed by atoms with Gasteiger partial charge in [-0.3, -0.25) is 14.6 Å². The van der Waals surface area contributed by atoms with Crippen LogP contribution in [-0.2, 0) is 4.79 Å². The molecule has 0 bridgehead atoms. The number of nitrogens with zero attached hydrogens (tertiary/aromatic N) is 2. The molecule has 1 saturated heterocycles. The third-order valence-electron chi connectivity index (χ3n) is 5.59. The third-order valence-corrected chi connectivity index (χ3v) is 6.56. The van der Waals surface area contributed by atoms with Crippen molar-refractivity contribution in [3.05, 3.63) is 46.1 Å². The quantitative estimate of drug-likeness (QED) is 0.671. The number of H-pyrrole nitrogens is 1. The number of thiophene rings is 1. The summed E-state index contributed by atoms with van der Waals surface area (Å²) in [7, 11) is 0. The van der Waals surface area contributed by atoms with E-state index >= 15 is 0 Å². The van der Waals surface area contributed by atoms with Crippen molar-refractivity contribution in [2.45, 2.75) is 39.2 Å². The van der Waals surface area contributed by atoms with E-state index in [0.29, 0.717) is 17.2 Å². The summed E-state index contributed by atoms with van der Waals surface area (Å²) in [5.74, 6) is 0.557. The average Bonchev–Trinajstić information content (AvgIpc) is 3.19. The number of nitrogens with one attached hydrogen (secondary N) is 2. The molecule has 152 valence electrons. The van der Waals surface area contributed by atoms with Crippen molar-refractivity contribution in [3.63, 3.8) is 0 Å². The van der Waals surface area contributed by atoms with Gasteiger partial charge in [-0.2, -0.15) is 0 Å². The molecule has 0 radical (unpaired) electrons. The number of amides is 1. The number of hydrogen-bond donors (Lipinski definition) is 2. The lowest BCUT2D eigenvalue weighted by Gasteiger charge is -2.32. The molecule has 2 aromatic heterocycles. The van der Waals surface area contributed by atoms with E-state index in [9.17, 15) is 9.59 Å². The summed E-state index contributed by atoms with van der Waals surface area (Å²) < 4.78 is 0.635. The minimum Gasteiger partial charge on any atom is -0.353 e. The van der Waals surface area contributed by atoms with Crippen LogP contribution in [0.1, 0.15) is 33.1 Å². The number of hydrogen-bond acceptors (Lipinski definition) is 5. The zero-order valence-electron chi connectivity index (χ0n) is 16.8. The van der Waals surface area contributed by atoms with Gasteiger partial charge < -0.3 is 10.2 Å². The van der Waals surface area contributed by atoms with E-state index in [0.717, 1.165) is 42.5 Å². The summed E-state index contributed by atoms with van der Waals surface area (Å²) in [4.78, 5) is 35.1. The smallest absolute Gasteiger partial charge is 0.270 e. The maximum Gasteiger partial charge on any atom is 0.270 e. The number of carbonyl (C=O) groups excluding carboxylic acids is 1. The highest BCUT2D eigenvalue weighted by atomic mass is 32.1. The number of benzene rings is 1. The van der Waals surface area contributed by atoms with Crippen LogP contribution in [0.2, 0.25) is 0 Å². The normalized spacial score (nSPS) is 18.0. The second-order valence-corrected chi connectivity index (χ2v) is 8.57. The lowest BCUT2D eigenvalue weighted by Crippen LogP contribution is -2.46. The summed E-state index contributed by atoms with van der Waals surface area (Å²) in [5, 5.41) is 5.07. The lowest BCUT2D eigenvalue weighted by molar-refractivity contribution is -0.125. The van der Waals surface area contributed by atoms with Crippen molar-refractivity contribution < 1.29 is 4.79 Å². The Labute approximate surface area is 174 Å². The highest BCUT2D eigenvalue weighted by Gasteiger charge is 2.28. The number of piperidine rings is 1. The van der Waals surface area contributed by atoms with Crippen LogP contribution in [0.4, 0.5) is 5.95 Å². The molecule has 4 rings (SSSR count). The summed E-state index contributed by atoms with van der Waals surface area (Å²) >= 11 is 1.42. The predicted octanol–water partition coefficient (Wildman–Crippen LogP) is 3.78. The second-order valence-electron chi connectivity index (χ2n) is 7.69. The Hall–Kier alpha value is -2.67. The Bertz CT molecular complexity index is 1060. The van der Waals surface area contributed by atoms with Crippen molar-refractivity contribution in [3.8, 4) is 11.1 Å². The molecule has 6 nitrogen and oxygen atoms in total. The fourth-order valence-electron chi connectivity index (χ4n) is 3.73. The Morgan fingerprint density at radius 3 is 2.93 bits per heavy atom. The highest BCUT2D eigenvalue weighted by Crippen LogP contribution is 2.32. The molecule has 7 heteroatoms. The minimum atomic E-state index is -0.122. The fraction of sp³-hybridized carbons (Fsp3) is 0.409. The molecule has 0 saturated carbocycles. The number of aromatic nitrogens is 2. The summed E-state index contributed by atoms with van der Waals surface area (Å²) in [6.45, 7) is 5.44. The van der Waals surface area contributed by atoms with Crippen molar-refractivity contribution in [1.82, 2.24) is 15.3 Å². The van der Waals surface area contributed by atoms with E-state index in [-0.39, 0.29) is 23.4 Å². The molecule has 3 aromatic rings. The number of carbonyl (C=O) groups is 1. The number of aromatic amines is 1. The van der Waals surface area contributed by atoms with Crippen molar-refractivity contribution in [2.24, 2.45) is 5.92 Å². The molecule has 1 amide bonds. The first-order valence-corrected chi connectivity index (χ1v) is 11.1. The van der Waals surface area contributed by atoms with Crippen molar-refractivity contribution in [2.75, 3.05) is 18.0 Å². The largest absolute Gasteiger partial charge is 0.353 e. The molecule has 0 unspecified atom stereocenters. The van der Waals surface area contributed by atoms with Gasteiger partial charge in [0, 0.05) is 30.1 Å². The molecule has 0 aliphatic carbocycles. The van der Waals surface area contributed by atoms with Crippen LogP contribution in [0.3, 0.4) is 0 Å². The average molecular weight is 411 g/mol. The molecule has 2 N–H and O–H groups in total. The first-order valence-electron chi connectivity index (χ1n) is 10.2. The van der Waals surface area contributed by atoms with Gasteiger partial charge in [-0.25, -0.2) is 4.98 Å². The predicted molar refractivity (Wildman–Crippen MR) is 119 cm³/mol. The Kier molecular flexibility index (Phi) is 5.67. The molecule has 1 aliphatic rings. The van der Waals surface area contributed by atoms with E-state index < -0.39 is 0 Å². The van der Waals surface area contributed by atoms with E-state index in [4.69, 9.17) is 4.98 Å². The summed E-state index contributed by atoms with van der Waals surface area (Å²) in [6.07, 6.45) is 2.67. The van der Waals surface area contributed by atoms with Gasteiger partial charge in [-0.05, 0) is 31.7 Å². The zero-order valence-corrected chi connectivity index (χ0v) is 17.6. The summed E-state index contributed by atoms with van der Waals surface area (Å²) in [5.41, 5.74) is 2.63. The van der Waals surface area contributed by atoms with Crippen LogP contribution in [0.5, 0.6) is 0 Å². The molecular weight excluding hydrogens is 384 g/mol. The standard InChI is InChI=1S/C22H26N4O2S/c1-3-14(2)23-20(27)16-10-7-11-26(12-16)22-24-18-17(15-8-5-4-6-9-15)13-29-19(18)21(28)25-22/h4-6,8-9,13-14,16H,3,7,10-12H2,1-2H3,(H,23,27)(H,24,25,28)/t14-,16-/m0/s1.